The summed E-state index contributed by atoms with van der Waals surface area (Å²) in [4.78, 5) is 24.2. The molecular weight excluding hydrogens is 501 g/mol. The summed E-state index contributed by atoms with van der Waals surface area (Å²) in [6, 6.07) is 16.8. The second-order valence-corrected chi connectivity index (χ2v) is 9.27. The first-order chi connectivity index (χ1) is 16.2. The van der Waals surface area contributed by atoms with Crippen molar-refractivity contribution in [2.24, 2.45) is 0 Å². The van der Waals surface area contributed by atoms with E-state index < -0.39 is 21.8 Å². The first-order valence-electron chi connectivity index (χ1n) is 9.69. The Hall–Kier alpha value is -3.53. The van der Waals surface area contributed by atoms with Crippen LogP contribution in [0.3, 0.4) is 0 Å². The van der Waals surface area contributed by atoms with Gasteiger partial charge in [0.1, 0.15) is 10.6 Å². The van der Waals surface area contributed by atoms with Crippen molar-refractivity contribution < 1.29 is 22.7 Å². The number of anilines is 1. The smallest absolute Gasteiger partial charge is 0.269 e. The lowest BCUT2D eigenvalue weighted by Crippen LogP contribution is -2.40. The molecule has 0 aliphatic rings. The Bertz CT molecular complexity index is 1340. The molecule has 0 atom stereocenters. The molecule has 3 aromatic carbocycles. The highest BCUT2D eigenvalue weighted by Crippen LogP contribution is 2.25. The number of sulfonamides is 1. The molecule has 8 nitrogen and oxygen atoms in total. The van der Waals surface area contributed by atoms with Crippen molar-refractivity contribution in [3.8, 4) is 5.75 Å². The van der Waals surface area contributed by atoms with Gasteiger partial charge in [-0.1, -0.05) is 41.4 Å². The Kier molecular flexibility index (Phi) is 8.17. The Balaban J connectivity index is 1.68. The normalized spacial score (nSPS) is 11.1. The van der Waals surface area contributed by atoms with E-state index in [1.54, 1.807) is 24.3 Å². The number of benzene rings is 3. The molecule has 0 fully saturated rings. The van der Waals surface area contributed by atoms with Crippen LogP contribution in [0, 0.1) is 0 Å². The third kappa shape index (κ3) is 6.50. The summed E-state index contributed by atoms with van der Waals surface area (Å²) in [5.41, 5.74) is 5.36. The van der Waals surface area contributed by atoms with E-state index in [2.05, 4.69) is 15.6 Å². The number of hydrogen-bond donors (Lipinski definition) is 3. The molecule has 0 aromatic heterocycles. The maximum Gasteiger partial charge on any atom is 0.269 e. The lowest BCUT2D eigenvalue weighted by atomic mass is 10.2. The molecule has 3 aromatic rings. The zero-order valence-electron chi connectivity index (χ0n) is 17.7. The fourth-order valence-electron chi connectivity index (χ4n) is 2.78. The highest BCUT2D eigenvalue weighted by Gasteiger charge is 2.20. The van der Waals surface area contributed by atoms with Crippen LogP contribution in [0.25, 0.3) is 6.08 Å². The summed E-state index contributed by atoms with van der Waals surface area (Å²) >= 11 is 11.9. The number of carbonyl (C=O) groups excluding carboxylic acids is 2. The van der Waals surface area contributed by atoms with Crippen LogP contribution in [0.15, 0.2) is 77.7 Å². The van der Waals surface area contributed by atoms with Gasteiger partial charge in [-0.15, -0.1) is 0 Å². The van der Waals surface area contributed by atoms with Gasteiger partial charge in [0.05, 0.1) is 12.1 Å². The summed E-state index contributed by atoms with van der Waals surface area (Å²) in [7, 11) is -2.59. The zero-order valence-corrected chi connectivity index (χ0v) is 20.0. The number of ether oxygens (including phenoxy) is 1. The number of nitrogens with one attached hydrogen (secondary N) is 3. The van der Waals surface area contributed by atoms with Gasteiger partial charge in [0, 0.05) is 27.9 Å². The van der Waals surface area contributed by atoms with E-state index in [1.807, 2.05) is 0 Å². The van der Waals surface area contributed by atoms with Crippen molar-refractivity contribution in [2.75, 3.05) is 11.8 Å². The number of hydrazine groups is 1. The molecule has 0 heterocycles. The van der Waals surface area contributed by atoms with Crippen LogP contribution in [-0.4, -0.2) is 27.3 Å². The Morgan fingerprint density at radius 2 is 1.65 bits per heavy atom. The van der Waals surface area contributed by atoms with Gasteiger partial charge in [-0.05, 0) is 54.6 Å². The highest BCUT2D eigenvalue weighted by atomic mass is 35.5. The molecule has 176 valence electrons. The van der Waals surface area contributed by atoms with E-state index in [0.29, 0.717) is 16.3 Å². The quantitative estimate of drug-likeness (QED) is 0.318. The van der Waals surface area contributed by atoms with Gasteiger partial charge in [-0.25, -0.2) is 8.42 Å². The standard InChI is InChI=1S/C23H19Cl2N3O5S/c1-33-20-5-3-2-4-15(20)7-13-22(29)26-27-23(30)16-6-12-19(25)21(14-16)34(31,32)28-18-10-8-17(24)9-11-18/h2-14,28H,1H3,(H,26,29)(H,27,30)/b13-7+. The van der Waals surface area contributed by atoms with Crippen molar-refractivity contribution in [3.63, 3.8) is 0 Å². The summed E-state index contributed by atoms with van der Waals surface area (Å²) in [6.07, 6.45) is 2.74. The summed E-state index contributed by atoms with van der Waals surface area (Å²) in [5, 5.41) is 0.362. The van der Waals surface area contributed by atoms with Crippen LogP contribution in [0.1, 0.15) is 15.9 Å². The highest BCUT2D eigenvalue weighted by molar-refractivity contribution is 7.92. The molecule has 0 saturated carbocycles. The monoisotopic (exact) mass is 519 g/mol. The van der Waals surface area contributed by atoms with Gasteiger partial charge in [0.2, 0.25) is 0 Å². The van der Waals surface area contributed by atoms with E-state index in [0.717, 1.165) is 6.07 Å². The molecule has 0 aliphatic heterocycles. The molecule has 0 radical (unpaired) electrons. The van der Waals surface area contributed by atoms with E-state index in [1.165, 1.54) is 55.7 Å². The van der Waals surface area contributed by atoms with Crippen molar-refractivity contribution in [1.29, 1.82) is 0 Å². The van der Waals surface area contributed by atoms with Gasteiger partial charge in [0.25, 0.3) is 21.8 Å². The van der Waals surface area contributed by atoms with Gasteiger partial charge in [-0.3, -0.25) is 25.2 Å². The molecule has 11 heteroatoms. The Morgan fingerprint density at radius 1 is 0.941 bits per heavy atom. The lowest BCUT2D eigenvalue weighted by molar-refractivity contribution is -0.117. The zero-order chi connectivity index (χ0) is 24.7. The third-order valence-corrected chi connectivity index (χ3v) is 6.55. The first kappa shape index (κ1) is 25.1. The van der Waals surface area contributed by atoms with Crippen molar-refractivity contribution >= 4 is 56.8 Å². The van der Waals surface area contributed by atoms with Crippen LogP contribution in [0.4, 0.5) is 5.69 Å². The molecule has 0 spiro atoms. The van der Waals surface area contributed by atoms with Crippen LogP contribution in [0.2, 0.25) is 10.0 Å². The fraction of sp³-hybridized carbons (Fsp3) is 0.0435. The lowest BCUT2D eigenvalue weighted by Gasteiger charge is -2.11. The van der Waals surface area contributed by atoms with Crippen molar-refractivity contribution in [3.05, 3.63) is 94.0 Å². The van der Waals surface area contributed by atoms with Crippen molar-refractivity contribution in [1.82, 2.24) is 10.9 Å². The largest absolute Gasteiger partial charge is 0.496 e. The molecule has 2 amide bonds. The second kappa shape index (κ2) is 11.1. The second-order valence-electron chi connectivity index (χ2n) is 6.78. The molecule has 0 bridgehead atoms. The number of rotatable bonds is 7. The SMILES string of the molecule is COc1ccccc1/C=C/C(=O)NNC(=O)c1ccc(Cl)c(S(=O)(=O)Nc2ccc(Cl)cc2)c1. The molecular formula is C23H19Cl2N3O5S. The van der Waals surface area contributed by atoms with Gasteiger partial charge < -0.3 is 4.74 Å². The molecule has 3 rings (SSSR count). The average molecular weight is 520 g/mol. The third-order valence-electron chi connectivity index (χ3n) is 4.43. The van der Waals surface area contributed by atoms with Crippen LogP contribution in [0.5, 0.6) is 5.75 Å². The number of para-hydroxylation sites is 1. The number of carbonyl (C=O) groups is 2. The van der Waals surface area contributed by atoms with E-state index >= 15 is 0 Å². The van der Waals surface area contributed by atoms with Crippen LogP contribution in [-0.2, 0) is 14.8 Å². The summed E-state index contributed by atoms with van der Waals surface area (Å²) in [5.74, 6) is -0.762. The Labute approximate surface area is 206 Å². The predicted molar refractivity (Wildman–Crippen MR) is 131 cm³/mol. The first-order valence-corrected chi connectivity index (χ1v) is 11.9. The van der Waals surface area contributed by atoms with E-state index in [-0.39, 0.29) is 21.2 Å². The maximum absolute atomic E-state index is 12.8. The average Bonchev–Trinajstić information content (AvgIpc) is 2.82. The molecule has 0 unspecified atom stereocenters. The molecule has 34 heavy (non-hydrogen) atoms. The maximum atomic E-state index is 12.8. The van der Waals surface area contributed by atoms with Crippen LogP contribution >= 0.6 is 23.2 Å². The van der Waals surface area contributed by atoms with Gasteiger partial charge >= 0.3 is 0 Å². The predicted octanol–water partition coefficient (Wildman–Crippen LogP) is 4.28. The number of methoxy groups -OCH3 is 1. The van der Waals surface area contributed by atoms with Crippen LogP contribution < -0.4 is 20.3 Å². The van der Waals surface area contributed by atoms with Gasteiger partial charge in [0.15, 0.2) is 0 Å². The minimum absolute atomic E-state index is 0.0325. The molecule has 0 aliphatic carbocycles. The number of hydrogen-bond acceptors (Lipinski definition) is 5. The minimum atomic E-state index is -4.11. The summed E-state index contributed by atoms with van der Waals surface area (Å²) in [6.45, 7) is 0. The fourth-order valence-corrected chi connectivity index (χ4v) is 4.49. The topological polar surface area (TPSA) is 114 Å². The molecule has 0 saturated heterocycles. The molecule has 3 N–H and O–H groups in total. The summed E-state index contributed by atoms with van der Waals surface area (Å²) < 4.78 is 33.1. The Morgan fingerprint density at radius 3 is 2.35 bits per heavy atom. The number of amides is 2. The number of halogens is 2. The minimum Gasteiger partial charge on any atom is -0.496 e. The van der Waals surface area contributed by atoms with E-state index in [4.69, 9.17) is 27.9 Å². The van der Waals surface area contributed by atoms with Gasteiger partial charge in [-0.2, -0.15) is 0 Å². The van der Waals surface area contributed by atoms with E-state index in [9.17, 15) is 18.0 Å². The van der Waals surface area contributed by atoms with Crippen molar-refractivity contribution in [2.45, 2.75) is 4.90 Å².